The topological polar surface area (TPSA) is 58.6 Å². The summed E-state index contributed by atoms with van der Waals surface area (Å²) in [6.07, 6.45) is 3.49. The van der Waals surface area contributed by atoms with E-state index in [1.54, 1.807) is 18.2 Å². The second kappa shape index (κ2) is 8.73. The first kappa shape index (κ1) is 17.5. The summed E-state index contributed by atoms with van der Waals surface area (Å²) >= 11 is 11.8. The molecule has 1 heterocycles. The molecule has 6 heteroatoms. The first-order valence-electron chi connectivity index (χ1n) is 7.57. The maximum Gasteiger partial charge on any atom is 0.222 e. The molecule has 0 aliphatic carbocycles. The minimum atomic E-state index is -0.915. The molecule has 1 aromatic rings. The van der Waals surface area contributed by atoms with Crippen molar-refractivity contribution >= 4 is 29.1 Å². The van der Waals surface area contributed by atoms with Crippen molar-refractivity contribution in [3.8, 4) is 0 Å². The van der Waals surface area contributed by atoms with E-state index in [4.69, 9.17) is 27.9 Å². The molecule has 4 nitrogen and oxygen atoms in total. The summed E-state index contributed by atoms with van der Waals surface area (Å²) in [5.41, 5.74) is 0.545. The average molecular weight is 346 g/mol. The Morgan fingerprint density at radius 2 is 2.05 bits per heavy atom. The number of carbonyl (C=O) groups excluding carboxylic acids is 1. The maximum atomic E-state index is 11.9. The SMILES string of the molecule is O=C(CC(O)c1cc(Cl)cc(Cl)c1)NCCC1CCCCO1. The number of amides is 1. The third-order valence-electron chi connectivity index (χ3n) is 3.71. The Balaban J connectivity index is 1.73. The van der Waals surface area contributed by atoms with Gasteiger partial charge in [0.25, 0.3) is 0 Å². The van der Waals surface area contributed by atoms with Crippen LogP contribution in [-0.4, -0.2) is 30.3 Å². The summed E-state index contributed by atoms with van der Waals surface area (Å²) in [6.45, 7) is 1.37. The number of nitrogens with one attached hydrogen (secondary N) is 1. The Morgan fingerprint density at radius 3 is 2.68 bits per heavy atom. The van der Waals surface area contributed by atoms with Gasteiger partial charge in [-0.25, -0.2) is 0 Å². The Morgan fingerprint density at radius 1 is 1.32 bits per heavy atom. The van der Waals surface area contributed by atoms with Crippen molar-refractivity contribution in [1.82, 2.24) is 5.32 Å². The van der Waals surface area contributed by atoms with E-state index in [0.29, 0.717) is 22.2 Å². The van der Waals surface area contributed by atoms with E-state index in [1.807, 2.05) is 0 Å². The molecule has 1 amide bonds. The van der Waals surface area contributed by atoms with Crippen LogP contribution in [0.15, 0.2) is 18.2 Å². The van der Waals surface area contributed by atoms with Crippen LogP contribution in [-0.2, 0) is 9.53 Å². The predicted molar refractivity (Wildman–Crippen MR) is 87.3 cm³/mol. The molecule has 1 aliphatic rings. The number of benzene rings is 1. The summed E-state index contributed by atoms with van der Waals surface area (Å²) in [6, 6.07) is 4.81. The number of halogens is 2. The summed E-state index contributed by atoms with van der Waals surface area (Å²) in [7, 11) is 0. The molecule has 2 N–H and O–H groups in total. The minimum Gasteiger partial charge on any atom is -0.388 e. The van der Waals surface area contributed by atoms with Gasteiger partial charge in [0.2, 0.25) is 5.91 Å². The zero-order valence-corrected chi connectivity index (χ0v) is 13.9. The van der Waals surface area contributed by atoms with Gasteiger partial charge >= 0.3 is 0 Å². The van der Waals surface area contributed by atoms with E-state index < -0.39 is 6.10 Å². The van der Waals surface area contributed by atoms with Crippen LogP contribution in [0.2, 0.25) is 10.0 Å². The zero-order chi connectivity index (χ0) is 15.9. The van der Waals surface area contributed by atoms with Crippen LogP contribution >= 0.6 is 23.2 Å². The quantitative estimate of drug-likeness (QED) is 0.829. The Bertz CT molecular complexity index is 484. The zero-order valence-electron chi connectivity index (χ0n) is 12.4. The highest BCUT2D eigenvalue weighted by molar-refractivity contribution is 6.34. The molecule has 2 unspecified atom stereocenters. The fourth-order valence-electron chi connectivity index (χ4n) is 2.54. The van der Waals surface area contributed by atoms with Crippen molar-refractivity contribution in [1.29, 1.82) is 0 Å². The van der Waals surface area contributed by atoms with Crippen molar-refractivity contribution in [2.75, 3.05) is 13.2 Å². The molecule has 0 saturated carbocycles. The van der Waals surface area contributed by atoms with Gasteiger partial charge in [-0.1, -0.05) is 23.2 Å². The molecule has 1 fully saturated rings. The van der Waals surface area contributed by atoms with E-state index in [9.17, 15) is 9.90 Å². The lowest BCUT2D eigenvalue weighted by Crippen LogP contribution is -2.30. The van der Waals surface area contributed by atoms with Crippen LogP contribution in [0.4, 0.5) is 0 Å². The largest absolute Gasteiger partial charge is 0.388 e. The Labute approximate surface area is 140 Å². The summed E-state index contributed by atoms with van der Waals surface area (Å²) in [5.74, 6) is -0.195. The summed E-state index contributed by atoms with van der Waals surface area (Å²) < 4.78 is 5.61. The second-order valence-corrected chi connectivity index (χ2v) is 6.42. The van der Waals surface area contributed by atoms with Gasteiger partial charge in [-0.15, -0.1) is 0 Å². The third-order valence-corrected chi connectivity index (χ3v) is 4.15. The first-order chi connectivity index (χ1) is 10.5. The first-order valence-corrected chi connectivity index (χ1v) is 8.32. The number of hydrogen-bond acceptors (Lipinski definition) is 3. The predicted octanol–water partition coefficient (Wildman–Crippen LogP) is 3.49. The fraction of sp³-hybridized carbons (Fsp3) is 0.562. The van der Waals surface area contributed by atoms with Crippen molar-refractivity contribution in [2.24, 2.45) is 0 Å². The second-order valence-electron chi connectivity index (χ2n) is 5.55. The molecule has 0 aromatic heterocycles. The molecular formula is C16H21Cl2NO3. The standard InChI is InChI=1S/C16H21Cl2NO3/c17-12-7-11(8-13(18)9-12)15(20)10-16(21)19-5-4-14-3-1-2-6-22-14/h7-9,14-15,20H,1-6,10H2,(H,19,21). The minimum absolute atomic E-state index is 0.0117. The van der Waals surface area contributed by atoms with Gasteiger partial charge in [0.1, 0.15) is 0 Å². The lowest BCUT2D eigenvalue weighted by molar-refractivity contribution is -0.123. The molecule has 0 spiro atoms. The molecule has 122 valence electrons. The van der Waals surface area contributed by atoms with E-state index >= 15 is 0 Å². The average Bonchev–Trinajstić information content (AvgIpc) is 2.47. The third kappa shape index (κ3) is 5.76. The van der Waals surface area contributed by atoms with Crippen LogP contribution in [0.25, 0.3) is 0 Å². The lowest BCUT2D eigenvalue weighted by Gasteiger charge is -2.22. The number of aliphatic hydroxyl groups is 1. The maximum absolute atomic E-state index is 11.9. The van der Waals surface area contributed by atoms with Gasteiger partial charge in [0, 0.05) is 23.2 Å². The van der Waals surface area contributed by atoms with Crippen LogP contribution in [0.1, 0.15) is 43.8 Å². The highest BCUT2D eigenvalue weighted by atomic mass is 35.5. The number of hydrogen-bond donors (Lipinski definition) is 2. The van der Waals surface area contributed by atoms with Crippen LogP contribution in [0, 0.1) is 0 Å². The van der Waals surface area contributed by atoms with Crippen LogP contribution in [0.3, 0.4) is 0 Å². The van der Waals surface area contributed by atoms with Gasteiger partial charge in [0.15, 0.2) is 0 Å². The van der Waals surface area contributed by atoms with E-state index in [-0.39, 0.29) is 18.4 Å². The number of aliphatic hydroxyl groups excluding tert-OH is 1. The molecule has 2 rings (SSSR count). The highest BCUT2D eigenvalue weighted by Crippen LogP contribution is 2.25. The molecule has 22 heavy (non-hydrogen) atoms. The Hall–Kier alpha value is -0.810. The van der Waals surface area contributed by atoms with Gasteiger partial charge < -0.3 is 15.2 Å². The molecule has 2 atom stereocenters. The number of rotatable bonds is 6. The van der Waals surface area contributed by atoms with Crippen LogP contribution in [0.5, 0.6) is 0 Å². The van der Waals surface area contributed by atoms with E-state index in [1.165, 1.54) is 6.42 Å². The molecule has 1 saturated heterocycles. The van der Waals surface area contributed by atoms with Crippen molar-refractivity contribution < 1.29 is 14.6 Å². The number of carbonyl (C=O) groups is 1. The van der Waals surface area contributed by atoms with Gasteiger partial charge in [-0.2, -0.15) is 0 Å². The monoisotopic (exact) mass is 345 g/mol. The Kier molecular flexibility index (Phi) is 6.96. The normalized spacial score (nSPS) is 19.7. The number of ether oxygens (including phenoxy) is 1. The van der Waals surface area contributed by atoms with Gasteiger partial charge in [0.05, 0.1) is 18.6 Å². The van der Waals surface area contributed by atoms with Crippen molar-refractivity contribution in [3.05, 3.63) is 33.8 Å². The molecule has 0 radical (unpaired) electrons. The summed E-state index contributed by atoms with van der Waals surface area (Å²) in [5, 5.41) is 13.8. The molecule has 0 bridgehead atoms. The smallest absolute Gasteiger partial charge is 0.222 e. The molecular weight excluding hydrogens is 325 g/mol. The van der Waals surface area contributed by atoms with Crippen LogP contribution < -0.4 is 5.32 Å². The van der Waals surface area contributed by atoms with Crippen molar-refractivity contribution in [2.45, 2.75) is 44.3 Å². The van der Waals surface area contributed by atoms with Gasteiger partial charge in [-0.05, 0) is 49.4 Å². The molecule has 1 aliphatic heterocycles. The lowest BCUT2D eigenvalue weighted by atomic mass is 10.1. The molecule has 1 aromatic carbocycles. The van der Waals surface area contributed by atoms with E-state index in [0.717, 1.165) is 25.9 Å². The highest BCUT2D eigenvalue weighted by Gasteiger charge is 2.16. The van der Waals surface area contributed by atoms with Crippen molar-refractivity contribution in [3.63, 3.8) is 0 Å². The van der Waals surface area contributed by atoms with E-state index in [2.05, 4.69) is 5.32 Å². The van der Waals surface area contributed by atoms with Gasteiger partial charge in [-0.3, -0.25) is 4.79 Å². The fourth-order valence-corrected chi connectivity index (χ4v) is 3.08. The summed E-state index contributed by atoms with van der Waals surface area (Å²) in [4.78, 5) is 11.9.